The Labute approximate surface area is 358 Å². The van der Waals surface area contributed by atoms with E-state index < -0.39 is 17.9 Å². The van der Waals surface area contributed by atoms with Crippen molar-refractivity contribution in [2.45, 2.75) is 32.0 Å². The SMILES string of the molecule is CCOC(=O)c1ncn2c1CN(C)C(=O)c1cc(F)ccc1-2.CN1CCc2cc3c(cc2[C@H]1[C@@H]1OC(=O)c2c1ccc1c2OCO1)OCO3.Nc1nc(N)c(-c2ccccc2)s1. The van der Waals surface area contributed by atoms with E-state index in [-0.39, 0.29) is 55.9 Å². The smallest absolute Gasteiger partial charge is 0.358 e. The zero-order valence-electron chi connectivity index (χ0n) is 33.8. The van der Waals surface area contributed by atoms with Crippen LogP contribution in [0, 0.1) is 5.82 Å². The average Bonchev–Trinajstić information content (AvgIpc) is 4.11. The molecular weight excluding hydrogens is 822 g/mol. The second kappa shape index (κ2) is 16.4. The maximum atomic E-state index is 13.5. The molecule has 5 aliphatic rings. The van der Waals surface area contributed by atoms with Gasteiger partial charge in [-0.15, -0.1) is 0 Å². The first kappa shape index (κ1) is 40.2. The molecule has 6 aromatic rings. The third kappa shape index (κ3) is 7.26. The molecule has 318 valence electrons. The lowest BCUT2D eigenvalue weighted by molar-refractivity contribution is 0.00929. The lowest BCUT2D eigenvalue weighted by Gasteiger charge is -2.37. The standard InChI is InChI=1S/C20H17NO6.C15H14FN3O3.C9H9N3S/c1-21-5-4-10-6-14-15(25-8-24-14)7-12(10)17(21)18-11-2-3-13-19(26-9-23-13)16(11)20(22)27-18;1-3-22-15(21)13-12-7-18(2)14(20)10-6-9(16)4-5-11(10)19(12)8-17-13;10-8-7(13-9(11)12-8)6-4-2-1-3-5-6/h2-3,6-7,17-18H,4-5,8-9H2,1H3;4-6,8H,3,7H2,1-2H3;1-5H,10H2,(H2,11,12)/t17-,18+;;/m0../s1. The predicted octanol–water partition coefficient (Wildman–Crippen LogP) is 6.33. The summed E-state index contributed by atoms with van der Waals surface area (Å²) in [4.78, 5) is 49.7. The second-order valence-electron chi connectivity index (χ2n) is 14.8. The Morgan fingerprint density at radius 2 is 1.69 bits per heavy atom. The number of rotatable bonds is 4. The zero-order chi connectivity index (χ0) is 43.2. The highest BCUT2D eigenvalue weighted by molar-refractivity contribution is 7.19. The quantitative estimate of drug-likeness (QED) is 0.187. The minimum absolute atomic E-state index is 0.103. The van der Waals surface area contributed by atoms with Crippen LogP contribution in [0.3, 0.4) is 0 Å². The molecular formula is C44H40FN7O9S. The van der Waals surface area contributed by atoms with E-state index in [4.69, 9.17) is 39.9 Å². The number of nitrogens with zero attached hydrogens (tertiary/aromatic N) is 5. The van der Waals surface area contributed by atoms with Crippen molar-refractivity contribution in [3.63, 3.8) is 0 Å². The fourth-order valence-electron chi connectivity index (χ4n) is 8.11. The van der Waals surface area contributed by atoms with Crippen LogP contribution >= 0.6 is 11.3 Å². The van der Waals surface area contributed by atoms with Gasteiger partial charge in [0.1, 0.15) is 29.6 Å². The molecule has 0 fully saturated rings. The van der Waals surface area contributed by atoms with Crippen LogP contribution in [0.5, 0.6) is 23.0 Å². The normalized spacial score (nSPS) is 17.6. The number of esters is 2. The number of cyclic esters (lactones) is 1. The lowest BCUT2D eigenvalue weighted by atomic mass is 9.86. The minimum atomic E-state index is -0.539. The monoisotopic (exact) mass is 861 g/mol. The topological polar surface area (TPSA) is 196 Å². The molecule has 7 heterocycles. The Balaban J connectivity index is 0.000000126. The van der Waals surface area contributed by atoms with Gasteiger partial charge in [0.15, 0.2) is 33.8 Å². The van der Waals surface area contributed by atoms with Gasteiger partial charge in [-0.2, -0.15) is 0 Å². The fourth-order valence-corrected chi connectivity index (χ4v) is 8.86. The van der Waals surface area contributed by atoms with E-state index >= 15 is 0 Å². The molecule has 1 amide bonds. The predicted molar refractivity (Wildman–Crippen MR) is 224 cm³/mol. The van der Waals surface area contributed by atoms with E-state index in [1.807, 2.05) is 48.5 Å². The van der Waals surface area contributed by atoms with Crippen LogP contribution in [0.2, 0.25) is 0 Å². The maximum absolute atomic E-state index is 13.5. The molecule has 0 unspecified atom stereocenters. The number of fused-ring (bicyclic) bond motifs is 8. The number of amides is 1. The summed E-state index contributed by atoms with van der Waals surface area (Å²) in [6.07, 6.45) is 1.95. The summed E-state index contributed by atoms with van der Waals surface area (Å²) >= 11 is 1.41. The van der Waals surface area contributed by atoms with Crippen molar-refractivity contribution >= 4 is 40.1 Å². The van der Waals surface area contributed by atoms with E-state index in [1.54, 1.807) is 18.5 Å². The highest BCUT2D eigenvalue weighted by atomic mass is 32.1. The second-order valence-corrected chi connectivity index (χ2v) is 15.8. The van der Waals surface area contributed by atoms with Gasteiger partial charge in [0.25, 0.3) is 5.91 Å². The van der Waals surface area contributed by atoms with Gasteiger partial charge in [0.05, 0.1) is 41.0 Å². The highest BCUT2D eigenvalue weighted by Gasteiger charge is 2.45. The Hall–Kier alpha value is -7.18. The van der Waals surface area contributed by atoms with Crippen LogP contribution in [0.4, 0.5) is 15.3 Å². The Morgan fingerprint density at radius 1 is 0.935 bits per heavy atom. The Kier molecular flexibility index (Phi) is 10.6. The third-order valence-electron chi connectivity index (χ3n) is 11.0. The molecule has 0 bridgehead atoms. The van der Waals surface area contributed by atoms with Crippen LogP contribution in [0.15, 0.2) is 79.1 Å². The maximum Gasteiger partial charge on any atom is 0.358 e. The minimum Gasteiger partial charge on any atom is -0.461 e. The van der Waals surface area contributed by atoms with Gasteiger partial charge in [-0.25, -0.2) is 23.9 Å². The van der Waals surface area contributed by atoms with Gasteiger partial charge in [-0.05, 0) is 73.5 Å². The Bertz CT molecular complexity index is 2740. The first-order valence-corrected chi connectivity index (χ1v) is 20.4. The number of hydrogen-bond donors (Lipinski definition) is 2. The highest BCUT2D eigenvalue weighted by Crippen LogP contribution is 2.51. The zero-order valence-corrected chi connectivity index (χ0v) is 34.6. The van der Waals surface area contributed by atoms with E-state index in [1.165, 1.54) is 46.3 Å². The summed E-state index contributed by atoms with van der Waals surface area (Å²) < 4.78 is 48.0. The molecule has 16 nitrogen and oxygen atoms in total. The number of hydrogen-bond acceptors (Lipinski definition) is 15. The van der Waals surface area contributed by atoms with Crippen LogP contribution < -0.4 is 30.4 Å². The molecule has 0 saturated heterocycles. The molecule has 62 heavy (non-hydrogen) atoms. The van der Waals surface area contributed by atoms with Gasteiger partial charge >= 0.3 is 11.9 Å². The molecule has 2 aromatic heterocycles. The molecule has 2 atom stereocenters. The number of nitrogen functional groups attached to an aromatic ring is 2. The number of ether oxygens (including phenoxy) is 6. The van der Waals surface area contributed by atoms with Crippen molar-refractivity contribution in [3.8, 4) is 39.1 Å². The third-order valence-corrected chi connectivity index (χ3v) is 11.9. The van der Waals surface area contributed by atoms with Gasteiger partial charge < -0.3 is 44.8 Å². The van der Waals surface area contributed by atoms with E-state index in [2.05, 4.69) is 28.0 Å². The van der Waals surface area contributed by atoms with Gasteiger partial charge in [0, 0.05) is 19.2 Å². The largest absolute Gasteiger partial charge is 0.461 e. The summed E-state index contributed by atoms with van der Waals surface area (Å²) in [6, 6.07) is 21.6. The molecule has 5 aliphatic heterocycles. The summed E-state index contributed by atoms with van der Waals surface area (Å²) in [5, 5.41) is 0.511. The number of anilines is 2. The molecule has 0 spiro atoms. The van der Waals surface area contributed by atoms with Crippen LogP contribution in [-0.4, -0.2) is 83.0 Å². The van der Waals surface area contributed by atoms with Crippen molar-refractivity contribution in [2.75, 3.05) is 52.3 Å². The van der Waals surface area contributed by atoms with Crippen molar-refractivity contribution < 1.29 is 47.2 Å². The number of halogens is 1. The molecule has 4 aromatic carbocycles. The summed E-state index contributed by atoms with van der Waals surface area (Å²) in [7, 11) is 3.64. The fraction of sp³-hybridized carbons (Fsp3) is 0.250. The lowest BCUT2D eigenvalue weighted by Crippen LogP contribution is -2.36. The molecule has 18 heteroatoms. The van der Waals surface area contributed by atoms with Gasteiger partial charge in [-0.1, -0.05) is 47.7 Å². The number of thiazole rings is 1. The number of carbonyl (C=O) groups excluding carboxylic acids is 3. The van der Waals surface area contributed by atoms with Crippen molar-refractivity contribution in [1.82, 2.24) is 24.3 Å². The van der Waals surface area contributed by atoms with Crippen LogP contribution in [0.1, 0.15) is 72.7 Å². The molecule has 4 N–H and O–H groups in total. The number of nitrogens with two attached hydrogens (primary N) is 2. The molecule has 0 radical (unpaired) electrons. The van der Waals surface area contributed by atoms with Crippen molar-refractivity contribution in [3.05, 3.63) is 124 Å². The molecule has 0 saturated carbocycles. The average molecular weight is 862 g/mol. The summed E-state index contributed by atoms with van der Waals surface area (Å²) in [6.45, 7) is 3.36. The van der Waals surface area contributed by atoms with Gasteiger partial charge in [-0.3, -0.25) is 14.3 Å². The first-order chi connectivity index (χ1) is 30.0. The summed E-state index contributed by atoms with van der Waals surface area (Å²) in [5.41, 5.74) is 17.4. The Morgan fingerprint density at radius 3 is 2.45 bits per heavy atom. The van der Waals surface area contributed by atoms with Crippen LogP contribution in [0.25, 0.3) is 16.1 Å². The first-order valence-electron chi connectivity index (χ1n) is 19.6. The number of aromatic nitrogens is 3. The summed E-state index contributed by atoms with van der Waals surface area (Å²) in [5.74, 6) is 1.41. The molecule has 0 aliphatic carbocycles. The van der Waals surface area contributed by atoms with Crippen molar-refractivity contribution in [1.29, 1.82) is 0 Å². The van der Waals surface area contributed by atoms with E-state index in [0.29, 0.717) is 39.4 Å². The number of imidazole rings is 1. The van der Waals surface area contributed by atoms with E-state index in [9.17, 15) is 18.8 Å². The number of benzene rings is 4. The van der Waals surface area contributed by atoms with Gasteiger partial charge in [0.2, 0.25) is 13.6 Å². The van der Waals surface area contributed by atoms with Crippen LogP contribution in [-0.2, 0) is 22.4 Å². The van der Waals surface area contributed by atoms with E-state index in [0.717, 1.165) is 46.0 Å². The number of likely N-dealkylation sites (N-methyl/N-ethyl adjacent to an activating group) is 1. The molecule has 11 rings (SSSR count). The number of carbonyl (C=O) groups is 3. The van der Waals surface area contributed by atoms with Crippen molar-refractivity contribution in [2.24, 2.45) is 0 Å².